The van der Waals surface area contributed by atoms with Gasteiger partial charge in [0.1, 0.15) is 5.82 Å². The first kappa shape index (κ1) is 27.1. The van der Waals surface area contributed by atoms with Crippen molar-refractivity contribution in [2.75, 3.05) is 0 Å². The number of nitrogens with zero attached hydrogens (tertiary/aromatic N) is 2. The van der Waals surface area contributed by atoms with Gasteiger partial charge in [-0.15, -0.1) is 0 Å². The molecule has 0 saturated heterocycles. The molecule has 2 nitrogen and oxygen atoms in total. The van der Waals surface area contributed by atoms with E-state index in [1.54, 1.807) is 0 Å². The summed E-state index contributed by atoms with van der Waals surface area (Å²) in [6, 6.07) is 41.8. The average molecular weight is 579 g/mol. The first-order valence-corrected chi connectivity index (χ1v) is 15.8. The van der Waals surface area contributed by atoms with Crippen LogP contribution in [-0.2, 0) is 0 Å². The molecule has 2 heterocycles. The molecule has 0 N–H and O–H groups in total. The Morgan fingerprint density at radius 2 is 1.36 bits per heavy atom. The third kappa shape index (κ3) is 4.80. The summed E-state index contributed by atoms with van der Waals surface area (Å²) in [6.45, 7) is 4.29. The van der Waals surface area contributed by atoms with Crippen molar-refractivity contribution in [1.82, 2.24) is 9.55 Å². The van der Waals surface area contributed by atoms with Gasteiger partial charge in [0.05, 0.1) is 11.0 Å². The maximum Gasteiger partial charge on any atom is 0.138 e. The van der Waals surface area contributed by atoms with Crippen LogP contribution in [0.1, 0.15) is 42.0 Å². The lowest BCUT2D eigenvalue weighted by molar-refractivity contribution is 1.07. The van der Waals surface area contributed by atoms with Crippen molar-refractivity contribution in [1.29, 1.82) is 0 Å². The van der Waals surface area contributed by atoms with Crippen LogP contribution < -0.4 is 0 Å². The van der Waals surface area contributed by atoms with Crippen LogP contribution in [0, 0.1) is 6.92 Å². The van der Waals surface area contributed by atoms with E-state index in [9.17, 15) is 0 Å². The first-order chi connectivity index (χ1) is 22.2. The highest BCUT2D eigenvalue weighted by atomic mass is 15.1. The first-order valence-electron chi connectivity index (χ1n) is 15.8. The predicted octanol–water partition coefficient (Wildman–Crippen LogP) is 11.6. The summed E-state index contributed by atoms with van der Waals surface area (Å²) < 4.78 is 2.31. The van der Waals surface area contributed by atoms with E-state index in [2.05, 4.69) is 158 Å². The largest absolute Gasteiger partial charge is 0.294 e. The maximum absolute atomic E-state index is 4.90. The Hall–Kier alpha value is -5.47. The Morgan fingerprint density at radius 3 is 2.20 bits per heavy atom. The Morgan fingerprint density at radius 1 is 0.622 bits per heavy atom. The normalized spacial score (nSPS) is 13.6. The van der Waals surface area contributed by atoms with Gasteiger partial charge in [0.25, 0.3) is 0 Å². The Kier molecular flexibility index (Phi) is 6.76. The predicted molar refractivity (Wildman–Crippen MR) is 193 cm³/mol. The molecule has 1 aliphatic rings. The van der Waals surface area contributed by atoms with E-state index in [4.69, 9.17) is 4.98 Å². The lowest BCUT2D eigenvalue weighted by Crippen LogP contribution is -1.98. The second-order valence-corrected chi connectivity index (χ2v) is 12.0. The van der Waals surface area contributed by atoms with Crippen molar-refractivity contribution in [2.24, 2.45) is 0 Å². The molecule has 2 heteroatoms. The molecule has 0 fully saturated rings. The number of hydrogen-bond donors (Lipinski definition) is 0. The molecular formula is C43H34N2. The number of allylic oxidation sites excluding steroid dienone is 5. The van der Waals surface area contributed by atoms with Crippen molar-refractivity contribution in [3.05, 3.63) is 162 Å². The summed E-state index contributed by atoms with van der Waals surface area (Å²) in [5, 5.41) is 4.98. The SMILES string of the molecule is C/C=C\c1c(C)cccc1C1=CC=C(c2cccc(-c3ccnc(-n4c5ccccc5c5cc6ccccc6cc54)c3)c2)CC1. The van der Waals surface area contributed by atoms with Gasteiger partial charge in [-0.3, -0.25) is 4.57 Å². The number of pyridine rings is 1. The van der Waals surface area contributed by atoms with Gasteiger partial charge in [-0.05, 0) is 118 Å². The molecule has 0 unspecified atom stereocenters. The van der Waals surface area contributed by atoms with E-state index in [0.29, 0.717) is 0 Å². The van der Waals surface area contributed by atoms with Crippen LogP contribution in [0.3, 0.4) is 0 Å². The highest BCUT2D eigenvalue weighted by molar-refractivity contribution is 6.13. The van der Waals surface area contributed by atoms with Crippen LogP contribution in [0.15, 0.2) is 140 Å². The van der Waals surface area contributed by atoms with Crippen molar-refractivity contribution >= 4 is 49.8 Å². The van der Waals surface area contributed by atoms with Crippen LogP contribution in [0.4, 0.5) is 0 Å². The molecule has 0 saturated carbocycles. The molecule has 8 rings (SSSR count). The van der Waals surface area contributed by atoms with Crippen LogP contribution >= 0.6 is 0 Å². The zero-order valence-electron chi connectivity index (χ0n) is 25.7. The molecule has 0 atom stereocenters. The molecule has 45 heavy (non-hydrogen) atoms. The van der Waals surface area contributed by atoms with Crippen LogP contribution in [-0.4, -0.2) is 9.55 Å². The van der Waals surface area contributed by atoms with Gasteiger partial charge in [0.15, 0.2) is 0 Å². The van der Waals surface area contributed by atoms with Gasteiger partial charge < -0.3 is 0 Å². The van der Waals surface area contributed by atoms with Crippen molar-refractivity contribution < 1.29 is 0 Å². The maximum atomic E-state index is 4.90. The lowest BCUT2D eigenvalue weighted by Gasteiger charge is -2.18. The van der Waals surface area contributed by atoms with Gasteiger partial charge in [0, 0.05) is 17.0 Å². The number of rotatable bonds is 5. The van der Waals surface area contributed by atoms with Gasteiger partial charge >= 0.3 is 0 Å². The van der Waals surface area contributed by atoms with Gasteiger partial charge in [0.2, 0.25) is 0 Å². The number of hydrogen-bond acceptors (Lipinski definition) is 1. The van der Waals surface area contributed by atoms with E-state index in [0.717, 1.165) is 24.2 Å². The van der Waals surface area contributed by atoms with Crippen molar-refractivity contribution in [3.63, 3.8) is 0 Å². The van der Waals surface area contributed by atoms with E-state index in [1.807, 2.05) is 6.20 Å². The highest BCUT2D eigenvalue weighted by Crippen LogP contribution is 2.37. The van der Waals surface area contributed by atoms with Crippen molar-refractivity contribution in [2.45, 2.75) is 26.7 Å². The quantitative estimate of drug-likeness (QED) is 0.199. The van der Waals surface area contributed by atoms with Crippen LogP contribution in [0.2, 0.25) is 0 Å². The van der Waals surface area contributed by atoms with Crippen LogP contribution in [0.25, 0.3) is 66.7 Å². The van der Waals surface area contributed by atoms with E-state index in [-0.39, 0.29) is 0 Å². The van der Waals surface area contributed by atoms with Gasteiger partial charge in [-0.1, -0.05) is 103 Å². The molecule has 0 aliphatic heterocycles. The summed E-state index contributed by atoms with van der Waals surface area (Å²) in [4.78, 5) is 4.90. The zero-order chi connectivity index (χ0) is 30.3. The molecule has 0 bridgehead atoms. The summed E-state index contributed by atoms with van der Waals surface area (Å²) in [7, 11) is 0. The van der Waals surface area contributed by atoms with Crippen LogP contribution in [0.5, 0.6) is 0 Å². The van der Waals surface area contributed by atoms with Crippen molar-refractivity contribution in [3.8, 4) is 16.9 Å². The average Bonchev–Trinajstić information content (AvgIpc) is 3.41. The summed E-state index contributed by atoms with van der Waals surface area (Å²) in [6.07, 6.45) is 13.0. The number of fused-ring (bicyclic) bond motifs is 4. The summed E-state index contributed by atoms with van der Waals surface area (Å²) in [5.41, 5.74) is 12.8. The van der Waals surface area contributed by atoms with Gasteiger partial charge in [-0.2, -0.15) is 0 Å². The fraction of sp³-hybridized carbons (Fsp3) is 0.0930. The fourth-order valence-corrected chi connectivity index (χ4v) is 6.97. The monoisotopic (exact) mass is 578 g/mol. The molecule has 5 aromatic carbocycles. The molecule has 216 valence electrons. The molecular weight excluding hydrogens is 544 g/mol. The third-order valence-corrected chi connectivity index (χ3v) is 9.23. The molecule has 1 aliphatic carbocycles. The molecule has 2 aromatic heterocycles. The molecule has 7 aromatic rings. The van der Waals surface area contributed by atoms with E-state index < -0.39 is 0 Å². The van der Waals surface area contributed by atoms with Gasteiger partial charge in [-0.25, -0.2) is 4.98 Å². The topological polar surface area (TPSA) is 17.8 Å². The fourth-order valence-electron chi connectivity index (χ4n) is 6.97. The standard InChI is InChI=1S/C43H34N2/c1-3-10-37-29(2)11-8-17-38(37)31-21-19-30(20-22-31)32-14-9-15-33(25-32)36-23-24-44-43(28-36)45-41-18-7-6-16-39(41)40-26-34-12-4-5-13-35(34)27-42(40)45/h3-19,21,23-28H,20,22H2,1-2H3/b10-3-. The minimum absolute atomic E-state index is 0.930. The number of benzene rings is 5. The second-order valence-electron chi connectivity index (χ2n) is 12.0. The van der Waals surface area contributed by atoms with E-state index in [1.165, 1.54) is 71.5 Å². The minimum Gasteiger partial charge on any atom is -0.294 e. The number of aromatic nitrogens is 2. The molecule has 0 radical (unpaired) electrons. The third-order valence-electron chi connectivity index (χ3n) is 9.23. The summed E-state index contributed by atoms with van der Waals surface area (Å²) >= 11 is 0. The number of para-hydroxylation sites is 1. The van der Waals surface area contributed by atoms with E-state index >= 15 is 0 Å². The Bertz CT molecular complexity index is 2340. The molecule has 0 spiro atoms. The smallest absolute Gasteiger partial charge is 0.138 e. The number of aryl methyl sites for hydroxylation is 1. The summed E-state index contributed by atoms with van der Waals surface area (Å²) in [5.74, 6) is 0.930. The lowest BCUT2D eigenvalue weighted by atomic mass is 9.86. The Balaban J connectivity index is 1.18. The second kappa shape index (κ2) is 11.2. The zero-order valence-corrected chi connectivity index (χ0v) is 25.7. The molecule has 0 amide bonds. The Labute approximate surface area is 264 Å². The minimum atomic E-state index is 0.930. The highest BCUT2D eigenvalue weighted by Gasteiger charge is 2.16.